The van der Waals surface area contributed by atoms with E-state index in [1.807, 2.05) is 0 Å². The highest BCUT2D eigenvalue weighted by Gasteiger charge is 2.31. The van der Waals surface area contributed by atoms with E-state index in [2.05, 4.69) is 47.8 Å². The van der Waals surface area contributed by atoms with Gasteiger partial charge in [-0.3, -0.25) is 9.59 Å². The number of nitrogens with zero attached hydrogens (tertiary/aromatic N) is 2. The average Bonchev–Trinajstić information content (AvgIpc) is 3.25. The van der Waals surface area contributed by atoms with Gasteiger partial charge in [0.15, 0.2) is 0 Å². The summed E-state index contributed by atoms with van der Waals surface area (Å²) in [6.07, 6.45) is 5.16. The Morgan fingerprint density at radius 2 is 2.03 bits per heavy atom. The van der Waals surface area contributed by atoms with Crippen LogP contribution in [-0.4, -0.2) is 60.6 Å². The second kappa shape index (κ2) is 11.2. The molecular formula is C28H36N4O4. The molecule has 3 heterocycles. The molecule has 4 rings (SSSR count). The molecule has 8 heteroatoms. The standard InChI is InChI=1S/C28H36N4O4/c1-5-19-12-26(33)31-24(19)16-36-28-22-14-25(35-4)23(27(29)34)13-21(22)20(15-30-28)7-6-18-8-10-32(11-9-18)17(2)3/h13-15,17-19,24H,5,8-12,16H2,1-4H3,(H2,29,34)(H,31,33)/t19-,24-/m1/s1. The molecule has 0 spiro atoms. The minimum absolute atomic E-state index is 0.0471. The molecule has 0 unspecified atom stereocenters. The zero-order chi connectivity index (χ0) is 25.8. The van der Waals surface area contributed by atoms with Gasteiger partial charge >= 0.3 is 0 Å². The summed E-state index contributed by atoms with van der Waals surface area (Å²) in [4.78, 5) is 31.0. The highest BCUT2D eigenvalue weighted by molar-refractivity contribution is 6.03. The molecule has 8 nitrogen and oxygen atoms in total. The number of nitrogens with two attached hydrogens (primary N) is 1. The smallest absolute Gasteiger partial charge is 0.252 e. The van der Waals surface area contributed by atoms with E-state index in [1.54, 1.807) is 18.3 Å². The maximum atomic E-state index is 12.1. The molecule has 2 aliphatic heterocycles. The first-order valence-electron chi connectivity index (χ1n) is 12.8. The van der Waals surface area contributed by atoms with Gasteiger partial charge in [0.2, 0.25) is 11.8 Å². The fraction of sp³-hybridized carbons (Fsp3) is 0.536. The molecule has 2 atom stereocenters. The molecule has 0 bridgehead atoms. The maximum absolute atomic E-state index is 12.1. The SMILES string of the molecule is CC[C@@H]1CC(=O)N[C@@H]1COc1ncc(C#CC2CCN(C(C)C)CC2)c2cc(C(N)=O)c(OC)cc12. The molecule has 1 aromatic heterocycles. The number of hydrogen-bond donors (Lipinski definition) is 2. The first-order chi connectivity index (χ1) is 17.3. The molecule has 3 N–H and O–H groups in total. The fourth-order valence-electron chi connectivity index (χ4n) is 5.10. The number of aromatic nitrogens is 1. The predicted molar refractivity (Wildman–Crippen MR) is 139 cm³/mol. The lowest BCUT2D eigenvalue weighted by Gasteiger charge is -2.32. The number of pyridine rings is 1. The van der Waals surface area contributed by atoms with Gasteiger partial charge < -0.3 is 25.4 Å². The van der Waals surface area contributed by atoms with Gasteiger partial charge in [-0.05, 0) is 57.8 Å². The number of primary amides is 1. The normalized spacial score (nSPS) is 20.8. The van der Waals surface area contributed by atoms with Gasteiger partial charge in [0.05, 0.1) is 24.3 Å². The Labute approximate surface area is 212 Å². The van der Waals surface area contributed by atoms with E-state index in [0.717, 1.165) is 43.3 Å². The summed E-state index contributed by atoms with van der Waals surface area (Å²) in [6.45, 7) is 8.92. The topological polar surface area (TPSA) is 107 Å². The summed E-state index contributed by atoms with van der Waals surface area (Å²) < 4.78 is 11.6. The van der Waals surface area contributed by atoms with Crippen molar-refractivity contribution in [2.45, 2.75) is 58.5 Å². The van der Waals surface area contributed by atoms with Crippen LogP contribution in [0.3, 0.4) is 0 Å². The summed E-state index contributed by atoms with van der Waals surface area (Å²) in [5.74, 6) is 7.52. The number of ether oxygens (including phenoxy) is 2. The number of hydrogen-bond acceptors (Lipinski definition) is 6. The van der Waals surface area contributed by atoms with Crippen LogP contribution < -0.4 is 20.5 Å². The van der Waals surface area contributed by atoms with Crippen molar-refractivity contribution in [3.8, 4) is 23.5 Å². The molecule has 2 aromatic rings. The number of methoxy groups -OCH3 is 1. The van der Waals surface area contributed by atoms with Gasteiger partial charge in [-0.1, -0.05) is 25.2 Å². The van der Waals surface area contributed by atoms with Crippen LogP contribution >= 0.6 is 0 Å². The van der Waals surface area contributed by atoms with Crippen molar-refractivity contribution in [1.29, 1.82) is 0 Å². The lowest BCUT2D eigenvalue weighted by Crippen LogP contribution is -2.38. The summed E-state index contributed by atoms with van der Waals surface area (Å²) >= 11 is 0. The van der Waals surface area contributed by atoms with Gasteiger partial charge in [-0.15, -0.1) is 0 Å². The molecule has 2 aliphatic rings. The van der Waals surface area contributed by atoms with Crippen molar-refractivity contribution in [3.63, 3.8) is 0 Å². The summed E-state index contributed by atoms with van der Waals surface area (Å²) in [6, 6.07) is 3.92. The van der Waals surface area contributed by atoms with Crippen LogP contribution in [0, 0.1) is 23.7 Å². The van der Waals surface area contributed by atoms with Crippen LogP contribution in [0.5, 0.6) is 11.6 Å². The van der Waals surface area contributed by atoms with E-state index in [9.17, 15) is 9.59 Å². The number of likely N-dealkylation sites (tertiary alicyclic amines) is 1. The predicted octanol–water partition coefficient (Wildman–Crippen LogP) is 3.11. The first kappa shape index (κ1) is 25.8. The Morgan fingerprint density at radius 3 is 2.67 bits per heavy atom. The van der Waals surface area contributed by atoms with E-state index in [4.69, 9.17) is 15.2 Å². The number of amides is 2. The molecule has 192 valence electrons. The average molecular weight is 493 g/mol. The Kier molecular flexibility index (Phi) is 8.00. The number of carbonyl (C=O) groups excluding carboxylic acids is 2. The Bertz CT molecular complexity index is 1190. The molecule has 0 saturated carbocycles. The Morgan fingerprint density at radius 1 is 1.28 bits per heavy atom. The van der Waals surface area contributed by atoms with Crippen molar-refractivity contribution in [2.75, 3.05) is 26.8 Å². The van der Waals surface area contributed by atoms with Crippen molar-refractivity contribution in [3.05, 3.63) is 29.5 Å². The lowest BCUT2D eigenvalue weighted by molar-refractivity contribution is -0.119. The highest BCUT2D eigenvalue weighted by atomic mass is 16.5. The number of piperidine rings is 1. The molecule has 36 heavy (non-hydrogen) atoms. The van der Waals surface area contributed by atoms with Crippen LogP contribution in [0.15, 0.2) is 18.3 Å². The Hall–Kier alpha value is -3.31. The van der Waals surface area contributed by atoms with Crippen LogP contribution in [0.1, 0.15) is 62.4 Å². The van der Waals surface area contributed by atoms with Crippen molar-refractivity contribution in [1.82, 2.24) is 15.2 Å². The molecule has 2 fully saturated rings. The molecule has 2 amide bonds. The number of carbonyl (C=O) groups is 2. The quantitative estimate of drug-likeness (QED) is 0.575. The van der Waals surface area contributed by atoms with Crippen molar-refractivity contribution >= 4 is 22.6 Å². The zero-order valence-electron chi connectivity index (χ0n) is 21.6. The third kappa shape index (κ3) is 5.57. The summed E-state index contributed by atoms with van der Waals surface area (Å²) in [5.41, 5.74) is 6.63. The number of fused-ring (bicyclic) bond motifs is 1. The minimum Gasteiger partial charge on any atom is -0.496 e. The van der Waals surface area contributed by atoms with Crippen LogP contribution in [0.2, 0.25) is 0 Å². The monoisotopic (exact) mass is 492 g/mol. The van der Waals surface area contributed by atoms with Gasteiger partial charge in [0.1, 0.15) is 12.4 Å². The van der Waals surface area contributed by atoms with E-state index < -0.39 is 5.91 Å². The molecule has 2 saturated heterocycles. The minimum atomic E-state index is -0.576. The number of nitrogens with one attached hydrogen (secondary N) is 1. The number of benzene rings is 1. The van der Waals surface area contributed by atoms with Crippen LogP contribution in [0.4, 0.5) is 0 Å². The van der Waals surface area contributed by atoms with E-state index >= 15 is 0 Å². The highest BCUT2D eigenvalue weighted by Crippen LogP contribution is 2.33. The van der Waals surface area contributed by atoms with E-state index in [1.165, 1.54) is 7.11 Å². The van der Waals surface area contributed by atoms with Gasteiger partial charge in [-0.2, -0.15) is 0 Å². The molecular weight excluding hydrogens is 456 g/mol. The largest absolute Gasteiger partial charge is 0.496 e. The maximum Gasteiger partial charge on any atom is 0.252 e. The second-order valence-electron chi connectivity index (χ2n) is 9.97. The third-order valence-corrected chi connectivity index (χ3v) is 7.39. The fourth-order valence-corrected chi connectivity index (χ4v) is 5.10. The number of rotatable bonds is 7. The third-order valence-electron chi connectivity index (χ3n) is 7.39. The first-order valence-corrected chi connectivity index (χ1v) is 12.8. The van der Waals surface area contributed by atoms with Crippen molar-refractivity contribution in [2.24, 2.45) is 17.6 Å². The van der Waals surface area contributed by atoms with Gasteiger partial charge in [0, 0.05) is 35.3 Å². The van der Waals surface area contributed by atoms with Crippen LogP contribution in [0.25, 0.3) is 10.8 Å². The van der Waals surface area contributed by atoms with E-state index in [0.29, 0.717) is 42.0 Å². The lowest BCUT2D eigenvalue weighted by atomic mass is 9.95. The molecule has 1 aromatic carbocycles. The molecule has 0 radical (unpaired) electrons. The van der Waals surface area contributed by atoms with Crippen LogP contribution in [-0.2, 0) is 4.79 Å². The summed E-state index contributed by atoms with van der Waals surface area (Å²) in [5, 5.41) is 4.42. The van der Waals surface area contributed by atoms with Gasteiger partial charge in [-0.25, -0.2) is 4.98 Å². The van der Waals surface area contributed by atoms with E-state index in [-0.39, 0.29) is 23.4 Å². The zero-order valence-corrected chi connectivity index (χ0v) is 21.6. The van der Waals surface area contributed by atoms with Crippen molar-refractivity contribution < 1.29 is 19.1 Å². The van der Waals surface area contributed by atoms with Gasteiger partial charge in [0.25, 0.3) is 5.91 Å². The second-order valence-corrected chi connectivity index (χ2v) is 9.97. The Balaban J connectivity index is 1.65. The molecule has 0 aliphatic carbocycles. The summed E-state index contributed by atoms with van der Waals surface area (Å²) in [7, 11) is 1.49.